The van der Waals surface area contributed by atoms with Crippen LogP contribution >= 0.6 is 0 Å². The maximum absolute atomic E-state index is 9.96. The molecule has 1 aliphatic rings. The van der Waals surface area contributed by atoms with Gasteiger partial charge < -0.3 is 19.9 Å². The van der Waals surface area contributed by atoms with E-state index in [0.717, 1.165) is 13.0 Å². The lowest BCUT2D eigenvalue weighted by Gasteiger charge is -2.20. The van der Waals surface area contributed by atoms with Crippen LogP contribution in [0.15, 0.2) is 36.4 Å². The topological polar surface area (TPSA) is 50.7 Å². The number of nitrogens with one attached hydrogen (secondary N) is 1. The zero-order chi connectivity index (χ0) is 14.9. The molecule has 1 aromatic carbocycles. The fraction of sp³-hybridized carbons (Fsp3) is 0.529. The van der Waals surface area contributed by atoms with Crippen molar-refractivity contribution in [3.63, 3.8) is 0 Å². The third-order valence-electron chi connectivity index (χ3n) is 3.69. The number of aliphatic hydroxyl groups is 1. The average molecular weight is 291 g/mol. The molecule has 2 N–H and O–H groups in total. The molecular weight excluding hydrogens is 266 g/mol. The van der Waals surface area contributed by atoms with Crippen molar-refractivity contribution in [3.8, 4) is 11.5 Å². The Labute approximate surface area is 126 Å². The van der Waals surface area contributed by atoms with Gasteiger partial charge in [0.1, 0.15) is 12.7 Å². The van der Waals surface area contributed by atoms with E-state index in [-0.39, 0.29) is 6.61 Å². The van der Waals surface area contributed by atoms with Gasteiger partial charge in [0.25, 0.3) is 0 Å². The molecule has 0 saturated carbocycles. The van der Waals surface area contributed by atoms with E-state index in [1.807, 2.05) is 24.3 Å². The van der Waals surface area contributed by atoms with Crippen molar-refractivity contribution < 1.29 is 14.6 Å². The van der Waals surface area contributed by atoms with Gasteiger partial charge in [0, 0.05) is 6.54 Å². The van der Waals surface area contributed by atoms with Crippen molar-refractivity contribution in [1.29, 1.82) is 0 Å². The number of para-hydroxylation sites is 2. The second-order valence-electron chi connectivity index (χ2n) is 5.42. The molecule has 2 unspecified atom stereocenters. The molecule has 116 valence electrons. The molecule has 0 spiro atoms. The van der Waals surface area contributed by atoms with Gasteiger partial charge in [-0.15, -0.1) is 0 Å². The first-order valence-corrected chi connectivity index (χ1v) is 7.59. The summed E-state index contributed by atoms with van der Waals surface area (Å²) in [6, 6.07) is 7.46. The maximum Gasteiger partial charge on any atom is 0.161 e. The van der Waals surface area contributed by atoms with E-state index < -0.39 is 6.10 Å². The highest BCUT2D eigenvalue weighted by Gasteiger charge is 2.11. The van der Waals surface area contributed by atoms with Gasteiger partial charge >= 0.3 is 0 Å². The highest BCUT2D eigenvalue weighted by atomic mass is 16.5. The predicted octanol–water partition coefficient (Wildman–Crippen LogP) is 2.38. The minimum atomic E-state index is -0.519. The molecular formula is C17H25NO3. The molecule has 21 heavy (non-hydrogen) atoms. The van der Waals surface area contributed by atoms with Crippen LogP contribution < -0.4 is 14.8 Å². The number of allylic oxidation sites excluding steroid dienone is 2. The number of hydrogen-bond donors (Lipinski definition) is 2. The molecule has 0 amide bonds. The standard InChI is InChI=1S/C17H25NO3/c1-20-16-9-5-6-10-17(16)21-13-15(19)12-18-11-14-7-3-2-4-8-14/h2-3,5-6,9-10,14-15,18-19H,4,7-8,11-13H2,1H3. The van der Waals surface area contributed by atoms with Crippen molar-refractivity contribution in [2.45, 2.75) is 25.4 Å². The summed E-state index contributed by atoms with van der Waals surface area (Å²) in [7, 11) is 1.61. The monoisotopic (exact) mass is 291 g/mol. The van der Waals surface area contributed by atoms with Crippen LogP contribution in [0.4, 0.5) is 0 Å². The Morgan fingerprint density at radius 3 is 2.81 bits per heavy atom. The van der Waals surface area contributed by atoms with Crippen molar-refractivity contribution >= 4 is 0 Å². The molecule has 0 bridgehead atoms. The Morgan fingerprint density at radius 2 is 2.10 bits per heavy atom. The van der Waals surface area contributed by atoms with Crippen LogP contribution in [0.1, 0.15) is 19.3 Å². The third-order valence-corrected chi connectivity index (χ3v) is 3.69. The van der Waals surface area contributed by atoms with E-state index >= 15 is 0 Å². The second-order valence-corrected chi connectivity index (χ2v) is 5.42. The summed E-state index contributed by atoms with van der Waals surface area (Å²) in [6.45, 7) is 1.77. The van der Waals surface area contributed by atoms with Crippen LogP contribution in [0.3, 0.4) is 0 Å². The van der Waals surface area contributed by atoms with Gasteiger partial charge in [-0.3, -0.25) is 0 Å². The molecule has 0 radical (unpaired) electrons. The van der Waals surface area contributed by atoms with E-state index in [4.69, 9.17) is 9.47 Å². The first-order valence-electron chi connectivity index (χ1n) is 7.59. The Balaban J connectivity index is 1.65. The summed E-state index contributed by atoms with van der Waals surface area (Å²) in [5, 5.41) is 13.3. The number of ether oxygens (including phenoxy) is 2. The molecule has 0 aliphatic heterocycles. The largest absolute Gasteiger partial charge is 0.493 e. The van der Waals surface area contributed by atoms with Crippen molar-refractivity contribution in [2.75, 3.05) is 26.8 Å². The average Bonchev–Trinajstić information content (AvgIpc) is 2.54. The maximum atomic E-state index is 9.96. The SMILES string of the molecule is COc1ccccc1OCC(O)CNCC1CC=CCC1. The van der Waals surface area contributed by atoms with Gasteiger partial charge in [-0.1, -0.05) is 24.3 Å². The van der Waals surface area contributed by atoms with Crippen molar-refractivity contribution in [1.82, 2.24) is 5.32 Å². The van der Waals surface area contributed by atoms with Crippen molar-refractivity contribution in [2.24, 2.45) is 5.92 Å². The molecule has 2 rings (SSSR count). The Morgan fingerprint density at radius 1 is 1.29 bits per heavy atom. The van der Waals surface area contributed by atoms with E-state index in [9.17, 15) is 5.11 Å². The molecule has 0 fully saturated rings. The molecule has 0 saturated heterocycles. The molecule has 0 aromatic heterocycles. The van der Waals surface area contributed by atoms with E-state index in [1.165, 1.54) is 12.8 Å². The Kier molecular flexibility index (Phi) is 6.57. The predicted molar refractivity (Wildman–Crippen MR) is 83.8 cm³/mol. The van der Waals surface area contributed by atoms with Crippen LogP contribution in [0, 0.1) is 5.92 Å². The zero-order valence-corrected chi connectivity index (χ0v) is 12.6. The number of rotatable bonds is 8. The van der Waals surface area contributed by atoms with Gasteiger partial charge in [-0.05, 0) is 43.9 Å². The fourth-order valence-corrected chi connectivity index (χ4v) is 2.48. The first-order chi connectivity index (χ1) is 10.3. The van der Waals surface area contributed by atoms with Gasteiger partial charge in [-0.25, -0.2) is 0 Å². The number of hydrogen-bond acceptors (Lipinski definition) is 4. The van der Waals surface area contributed by atoms with Crippen LogP contribution in [0.2, 0.25) is 0 Å². The summed E-state index contributed by atoms with van der Waals surface area (Å²) in [6.07, 6.45) is 7.52. The molecule has 4 heteroatoms. The third kappa shape index (κ3) is 5.40. The summed E-state index contributed by atoms with van der Waals surface area (Å²) in [5.41, 5.74) is 0. The van der Waals surface area contributed by atoms with Gasteiger partial charge in [0.05, 0.1) is 7.11 Å². The molecule has 0 heterocycles. The lowest BCUT2D eigenvalue weighted by atomic mass is 9.94. The molecule has 1 aromatic rings. The normalized spacial score (nSPS) is 19.2. The van der Waals surface area contributed by atoms with Crippen LogP contribution in [0.5, 0.6) is 11.5 Å². The number of methoxy groups -OCH3 is 1. The molecule has 1 aliphatic carbocycles. The van der Waals surface area contributed by atoms with Crippen molar-refractivity contribution in [3.05, 3.63) is 36.4 Å². The smallest absolute Gasteiger partial charge is 0.161 e. The molecule has 2 atom stereocenters. The van der Waals surface area contributed by atoms with Gasteiger partial charge in [-0.2, -0.15) is 0 Å². The minimum absolute atomic E-state index is 0.262. The summed E-state index contributed by atoms with van der Waals surface area (Å²) in [5.74, 6) is 2.04. The highest BCUT2D eigenvalue weighted by Crippen LogP contribution is 2.25. The Hall–Kier alpha value is -1.52. The number of aliphatic hydroxyl groups excluding tert-OH is 1. The van der Waals surface area contributed by atoms with E-state index in [2.05, 4.69) is 17.5 Å². The lowest BCUT2D eigenvalue weighted by Crippen LogP contribution is -2.34. The summed E-state index contributed by atoms with van der Waals surface area (Å²) in [4.78, 5) is 0. The number of benzene rings is 1. The lowest BCUT2D eigenvalue weighted by molar-refractivity contribution is 0.103. The summed E-state index contributed by atoms with van der Waals surface area (Å²) < 4.78 is 10.8. The second kappa shape index (κ2) is 8.70. The van der Waals surface area contributed by atoms with E-state index in [0.29, 0.717) is 24.0 Å². The van der Waals surface area contributed by atoms with Gasteiger partial charge in [0.15, 0.2) is 11.5 Å². The minimum Gasteiger partial charge on any atom is -0.493 e. The van der Waals surface area contributed by atoms with Gasteiger partial charge in [0.2, 0.25) is 0 Å². The van der Waals surface area contributed by atoms with Crippen LogP contribution in [0.25, 0.3) is 0 Å². The fourth-order valence-electron chi connectivity index (χ4n) is 2.48. The van der Waals surface area contributed by atoms with Crippen LogP contribution in [-0.2, 0) is 0 Å². The first kappa shape index (κ1) is 15.9. The van der Waals surface area contributed by atoms with Crippen LogP contribution in [-0.4, -0.2) is 38.0 Å². The Bertz CT molecular complexity index is 447. The highest BCUT2D eigenvalue weighted by molar-refractivity contribution is 5.39. The summed E-state index contributed by atoms with van der Waals surface area (Å²) >= 11 is 0. The quantitative estimate of drug-likeness (QED) is 0.722. The van der Waals surface area contributed by atoms with E-state index in [1.54, 1.807) is 7.11 Å². The zero-order valence-electron chi connectivity index (χ0n) is 12.6. The molecule has 4 nitrogen and oxygen atoms in total.